The maximum Gasteiger partial charge on any atom is 0.306 e. The molecular formula is C34H40O7S. The van der Waals surface area contributed by atoms with Crippen LogP contribution in [0.3, 0.4) is 0 Å². The highest BCUT2D eigenvalue weighted by atomic mass is 32.2. The van der Waals surface area contributed by atoms with E-state index in [2.05, 4.69) is 18.7 Å². The van der Waals surface area contributed by atoms with Gasteiger partial charge >= 0.3 is 11.9 Å². The maximum atomic E-state index is 12.0. The SMILES string of the molecule is C=CC=C(C)C1=C(C)OC(c2ccc(OC)cc2)(c2ccc(OCCOC(=O)CCC(=O)OCCCSC)cc2)C=C1. The molecule has 0 saturated heterocycles. The first-order chi connectivity index (χ1) is 20.3. The Morgan fingerprint density at radius 3 is 2.07 bits per heavy atom. The highest BCUT2D eigenvalue weighted by molar-refractivity contribution is 7.98. The lowest BCUT2D eigenvalue weighted by atomic mass is 9.83. The number of hydrogen-bond donors (Lipinski definition) is 0. The molecule has 3 rings (SSSR count). The second-order valence-electron chi connectivity index (χ2n) is 9.61. The highest BCUT2D eigenvalue weighted by Gasteiger charge is 2.37. The van der Waals surface area contributed by atoms with Gasteiger partial charge in [0.15, 0.2) is 5.60 Å². The fraction of sp³-hybridized carbons (Fsp3) is 0.353. The third-order valence-electron chi connectivity index (χ3n) is 6.68. The van der Waals surface area contributed by atoms with E-state index in [1.807, 2.05) is 74.7 Å². The van der Waals surface area contributed by atoms with Crippen LogP contribution in [0.1, 0.15) is 44.2 Å². The quantitative estimate of drug-likeness (QED) is 0.118. The van der Waals surface area contributed by atoms with Gasteiger partial charge in [0.1, 0.15) is 30.5 Å². The summed E-state index contributed by atoms with van der Waals surface area (Å²) in [5.41, 5.74) is 3.10. The van der Waals surface area contributed by atoms with E-state index in [-0.39, 0.29) is 32.0 Å². The van der Waals surface area contributed by atoms with Crippen LogP contribution in [0.5, 0.6) is 11.5 Å². The van der Waals surface area contributed by atoms with Gasteiger partial charge in [0, 0.05) is 16.7 Å². The summed E-state index contributed by atoms with van der Waals surface area (Å²) >= 11 is 1.70. The van der Waals surface area contributed by atoms with Crippen LogP contribution in [-0.4, -0.2) is 50.9 Å². The average Bonchev–Trinajstić information content (AvgIpc) is 3.00. The van der Waals surface area contributed by atoms with Gasteiger partial charge in [-0.2, -0.15) is 11.8 Å². The summed E-state index contributed by atoms with van der Waals surface area (Å²) in [7, 11) is 1.64. The standard InChI is InChI=1S/C34H40O7S/c1-6-8-25(2)31-19-20-34(41-26(31)3,27-9-13-29(37-4)14-10-27)28-11-15-30(16-12-28)38-22-23-40-33(36)18-17-32(35)39-21-7-24-42-5/h6,8-16,19-20H,1,7,17-18,21-24H2,2-5H3. The molecule has 2 aromatic carbocycles. The Morgan fingerprint density at radius 2 is 1.52 bits per heavy atom. The summed E-state index contributed by atoms with van der Waals surface area (Å²) in [6.07, 6.45) is 10.7. The molecule has 0 N–H and O–H groups in total. The third kappa shape index (κ3) is 9.05. The Hall–Kier alpha value is -3.91. The summed E-state index contributed by atoms with van der Waals surface area (Å²) in [5, 5.41) is 0. The first kappa shape index (κ1) is 32.6. The molecule has 0 aliphatic carbocycles. The van der Waals surface area contributed by atoms with Crippen molar-refractivity contribution in [1.29, 1.82) is 0 Å². The molecule has 1 heterocycles. The normalized spacial score (nSPS) is 16.4. The van der Waals surface area contributed by atoms with E-state index in [1.54, 1.807) is 24.9 Å². The van der Waals surface area contributed by atoms with Gasteiger partial charge in [0.05, 0.1) is 26.6 Å². The Morgan fingerprint density at radius 1 is 0.929 bits per heavy atom. The minimum atomic E-state index is -0.849. The zero-order valence-corrected chi connectivity index (χ0v) is 25.7. The van der Waals surface area contributed by atoms with Crippen molar-refractivity contribution in [3.63, 3.8) is 0 Å². The molecule has 42 heavy (non-hydrogen) atoms. The smallest absolute Gasteiger partial charge is 0.306 e. The van der Waals surface area contributed by atoms with Gasteiger partial charge in [-0.3, -0.25) is 9.59 Å². The van der Waals surface area contributed by atoms with Crippen LogP contribution in [0.25, 0.3) is 0 Å². The van der Waals surface area contributed by atoms with Crippen LogP contribution < -0.4 is 9.47 Å². The number of esters is 2. The number of thioether (sulfide) groups is 1. The monoisotopic (exact) mass is 592 g/mol. The molecule has 8 heteroatoms. The summed E-state index contributed by atoms with van der Waals surface area (Å²) in [4.78, 5) is 23.7. The van der Waals surface area contributed by atoms with E-state index in [9.17, 15) is 9.59 Å². The lowest BCUT2D eigenvalue weighted by molar-refractivity contribution is -0.150. The first-order valence-electron chi connectivity index (χ1n) is 13.9. The Labute approximate surface area is 253 Å². The minimum absolute atomic E-state index is 0.00709. The molecule has 1 atom stereocenters. The molecule has 0 aromatic heterocycles. The van der Waals surface area contributed by atoms with Crippen LogP contribution in [0.2, 0.25) is 0 Å². The second-order valence-corrected chi connectivity index (χ2v) is 10.6. The van der Waals surface area contributed by atoms with Gasteiger partial charge in [0.2, 0.25) is 0 Å². The minimum Gasteiger partial charge on any atom is -0.497 e. The van der Waals surface area contributed by atoms with Gasteiger partial charge in [-0.05, 0) is 68.2 Å². The van der Waals surface area contributed by atoms with Gasteiger partial charge in [-0.1, -0.05) is 49.1 Å². The summed E-state index contributed by atoms with van der Waals surface area (Å²) in [6.45, 7) is 8.43. The molecular weight excluding hydrogens is 552 g/mol. The van der Waals surface area contributed by atoms with E-state index in [0.29, 0.717) is 12.4 Å². The maximum absolute atomic E-state index is 12.0. The zero-order valence-electron chi connectivity index (χ0n) is 24.9. The molecule has 0 bridgehead atoms. The lowest BCUT2D eigenvalue weighted by Gasteiger charge is -2.37. The molecule has 1 unspecified atom stereocenters. The average molecular weight is 593 g/mol. The molecule has 0 fully saturated rings. The second kappa shape index (κ2) is 16.5. The van der Waals surface area contributed by atoms with Gasteiger partial charge in [-0.25, -0.2) is 0 Å². The summed E-state index contributed by atoms with van der Waals surface area (Å²) in [6, 6.07) is 15.5. The van der Waals surface area contributed by atoms with E-state index >= 15 is 0 Å². The molecule has 0 saturated carbocycles. The fourth-order valence-corrected chi connectivity index (χ4v) is 4.90. The first-order valence-corrected chi connectivity index (χ1v) is 15.3. The Kier molecular flexibility index (Phi) is 12.8. The Balaban J connectivity index is 1.61. The molecule has 0 radical (unpaired) electrons. The molecule has 0 amide bonds. The number of ether oxygens (including phenoxy) is 5. The fourth-order valence-electron chi connectivity index (χ4n) is 4.49. The van der Waals surface area contributed by atoms with Crippen molar-refractivity contribution in [2.75, 3.05) is 38.9 Å². The third-order valence-corrected chi connectivity index (χ3v) is 7.37. The molecule has 1 aliphatic rings. The predicted molar refractivity (Wildman–Crippen MR) is 167 cm³/mol. The highest BCUT2D eigenvalue weighted by Crippen LogP contribution is 2.42. The number of allylic oxidation sites excluding steroid dienone is 6. The van der Waals surface area contributed by atoms with Crippen LogP contribution in [-0.2, 0) is 29.4 Å². The van der Waals surface area contributed by atoms with Crippen molar-refractivity contribution in [3.05, 3.63) is 107 Å². The van der Waals surface area contributed by atoms with Gasteiger partial charge in [0.25, 0.3) is 0 Å². The van der Waals surface area contributed by atoms with Crippen molar-refractivity contribution < 1.29 is 33.3 Å². The molecule has 1 aliphatic heterocycles. The molecule has 7 nitrogen and oxygen atoms in total. The largest absolute Gasteiger partial charge is 0.497 e. The molecule has 224 valence electrons. The van der Waals surface area contributed by atoms with Gasteiger partial charge in [-0.15, -0.1) is 0 Å². The molecule has 0 spiro atoms. The van der Waals surface area contributed by atoms with E-state index < -0.39 is 11.6 Å². The van der Waals surface area contributed by atoms with Crippen molar-refractivity contribution in [2.45, 2.75) is 38.7 Å². The summed E-state index contributed by atoms with van der Waals surface area (Å²) in [5.74, 6) is 2.27. The number of carbonyl (C=O) groups excluding carboxylic acids is 2. The van der Waals surface area contributed by atoms with Crippen LogP contribution >= 0.6 is 11.8 Å². The molecule has 2 aromatic rings. The Bertz CT molecular complexity index is 1290. The number of rotatable bonds is 16. The van der Waals surface area contributed by atoms with E-state index in [4.69, 9.17) is 23.7 Å². The van der Waals surface area contributed by atoms with Crippen molar-refractivity contribution in [1.82, 2.24) is 0 Å². The number of benzene rings is 2. The lowest BCUT2D eigenvalue weighted by Crippen LogP contribution is -2.31. The van der Waals surface area contributed by atoms with Crippen molar-refractivity contribution in [2.24, 2.45) is 0 Å². The van der Waals surface area contributed by atoms with Gasteiger partial charge < -0.3 is 23.7 Å². The summed E-state index contributed by atoms with van der Waals surface area (Å²) < 4.78 is 28.1. The van der Waals surface area contributed by atoms with Crippen LogP contribution in [0, 0.1) is 0 Å². The van der Waals surface area contributed by atoms with E-state index in [1.165, 1.54) is 0 Å². The van der Waals surface area contributed by atoms with Crippen LogP contribution in [0.4, 0.5) is 0 Å². The topological polar surface area (TPSA) is 80.3 Å². The van der Waals surface area contributed by atoms with Crippen molar-refractivity contribution >= 4 is 23.7 Å². The van der Waals surface area contributed by atoms with E-state index in [0.717, 1.165) is 46.0 Å². The number of methoxy groups -OCH3 is 1. The zero-order chi connectivity index (χ0) is 30.4. The number of hydrogen-bond acceptors (Lipinski definition) is 8. The predicted octanol–water partition coefficient (Wildman–Crippen LogP) is 6.93. The van der Waals surface area contributed by atoms with Crippen molar-refractivity contribution in [3.8, 4) is 11.5 Å². The van der Waals surface area contributed by atoms with Crippen LogP contribution in [0.15, 0.2) is 96.3 Å². The number of carbonyl (C=O) groups is 2.